The van der Waals surface area contributed by atoms with Crippen LogP contribution < -0.4 is 0 Å². The minimum Gasteiger partial charge on any atom is -0.443 e. The SMILES string of the molecule is CC1=CC(C#N)(C#N)[C@H](c2cccs2)N1C(=O)OC(C)(C)C. The molecule has 2 rings (SSSR count). The van der Waals surface area contributed by atoms with Crippen LogP contribution in [0, 0.1) is 28.1 Å². The topological polar surface area (TPSA) is 77.1 Å². The molecule has 0 N–H and O–H groups in total. The van der Waals surface area contributed by atoms with Gasteiger partial charge < -0.3 is 4.74 Å². The Balaban J connectivity index is 2.49. The number of ether oxygens (including phenoxy) is 1. The third kappa shape index (κ3) is 2.70. The quantitative estimate of drug-likeness (QED) is 0.785. The molecule has 0 aromatic carbocycles. The van der Waals surface area contributed by atoms with Crippen LogP contribution in [0.15, 0.2) is 29.3 Å². The number of carbonyl (C=O) groups is 1. The molecule has 0 fully saturated rings. The Kier molecular flexibility index (Phi) is 4.00. The molecule has 0 bridgehead atoms. The zero-order valence-electron chi connectivity index (χ0n) is 13.0. The highest BCUT2D eigenvalue weighted by molar-refractivity contribution is 7.10. The van der Waals surface area contributed by atoms with Gasteiger partial charge in [0.05, 0.1) is 12.1 Å². The van der Waals surface area contributed by atoms with Gasteiger partial charge in [-0.2, -0.15) is 10.5 Å². The van der Waals surface area contributed by atoms with E-state index in [1.165, 1.54) is 16.2 Å². The monoisotopic (exact) mass is 315 g/mol. The lowest BCUT2D eigenvalue weighted by Gasteiger charge is -2.32. The van der Waals surface area contributed by atoms with Crippen LogP contribution in [0.3, 0.4) is 0 Å². The lowest BCUT2D eigenvalue weighted by Crippen LogP contribution is -2.39. The van der Waals surface area contributed by atoms with Gasteiger partial charge in [0.1, 0.15) is 11.6 Å². The number of hydrogen-bond acceptors (Lipinski definition) is 5. The van der Waals surface area contributed by atoms with Crippen molar-refractivity contribution in [2.75, 3.05) is 0 Å². The van der Waals surface area contributed by atoms with Gasteiger partial charge in [-0.3, -0.25) is 4.90 Å². The van der Waals surface area contributed by atoms with Gasteiger partial charge in [-0.25, -0.2) is 4.79 Å². The number of amides is 1. The van der Waals surface area contributed by atoms with Crippen LogP contribution in [0.2, 0.25) is 0 Å². The van der Waals surface area contributed by atoms with E-state index >= 15 is 0 Å². The summed E-state index contributed by atoms with van der Waals surface area (Å²) >= 11 is 1.41. The molecule has 1 aliphatic heterocycles. The van der Waals surface area contributed by atoms with E-state index in [0.717, 1.165) is 4.88 Å². The largest absolute Gasteiger partial charge is 0.443 e. The molecule has 1 aromatic rings. The second-order valence-corrected chi connectivity index (χ2v) is 7.13. The average Bonchev–Trinajstić information content (AvgIpc) is 3.01. The minimum absolute atomic E-state index is 0.549. The van der Waals surface area contributed by atoms with E-state index in [-0.39, 0.29) is 0 Å². The van der Waals surface area contributed by atoms with Crippen LogP contribution in [0.1, 0.15) is 38.6 Å². The Morgan fingerprint density at radius 3 is 2.50 bits per heavy atom. The highest BCUT2D eigenvalue weighted by atomic mass is 32.1. The zero-order chi connectivity index (χ0) is 16.5. The molecule has 5 nitrogen and oxygen atoms in total. The Hall–Kier alpha value is -2.31. The Morgan fingerprint density at radius 1 is 1.41 bits per heavy atom. The van der Waals surface area contributed by atoms with Gasteiger partial charge in [0, 0.05) is 10.6 Å². The molecule has 0 saturated carbocycles. The van der Waals surface area contributed by atoms with E-state index in [9.17, 15) is 15.3 Å². The van der Waals surface area contributed by atoms with Crippen molar-refractivity contribution in [1.82, 2.24) is 4.90 Å². The van der Waals surface area contributed by atoms with Crippen molar-refractivity contribution in [2.24, 2.45) is 5.41 Å². The summed E-state index contributed by atoms with van der Waals surface area (Å²) in [4.78, 5) is 14.7. The van der Waals surface area contributed by atoms with Gasteiger partial charge in [0.15, 0.2) is 5.41 Å². The first-order valence-electron chi connectivity index (χ1n) is 6.81. The summed E-state index contributed by atoms with van der Waals surface area (Å²) in [6.45, 7) is 7.05. The highest BCUT2D eigenvalue weighted by Crippen LogP contribution is 2.49. The van der Waals surface area contributed by atoms with E-state index in [1.807, 2.05) is 17.5 Å². The number of hydrogen-bond donors (Lipinski definition) is 0. The van der Waals surface area contributed by atoms with Gasteiger partial charge in [-0.05, 0) is 45.2 Å². The molecule has 1 aliphatic rings. The van der Waals surface area contributed by atoms with Crippen molar-refractivity contribution in [1.29, 1.82) is 10.5 Å². The van der Waals surface area contributed by atoms with E-state index in [1.54, 1.807) is 33.8 Å². The van der Waals surface area contributed by atoms with Gasteiger partial charge in [-0.1, -0.05) is 6.07 Å². The second kappa shape index (κ2) is 5.47. The molecule has 2 heterocycles. The first-order valence-corrected chi connectivity index (χ1v) is 7.69. The molecule has 0 radical (unpaired) electrons. The predicted molar refractivity (Wildman–Crippen MR) is 82.5 cm³/mol. The molecule has 1 amide bonds. The average molecular weight is 315 g/mol. The van der Waals surface area contributed by atoms with Gasteiger partial charge in [-0.15, -0.1) is 11.3 Å². The smallest absolute Gasteiger partial charge is 0.415 e. The van der Waals surface area contributed by atoms with E-state index in [0.29, 0.717) is 5.70 Å². The lowest BCUT2D eigenvalue weighted by atomic mass is 9.84. The normalized spacial score (nSPS) is 20.0. The third-order valence-electron chi connectivity index (χ3n) is 3.28. The maximum Gasteiger partial charge on any atom is 0.415 e. The lowest BCUT2D eigenvalue weighted by molar-refractivity contribution is 0.0235. The Labute approximate surface area is 134 Å². The Bertz CT molecular complexity index is 672. The Morgan fingerprint density at radius 2 is 2.05 bits per heavy atom. The summed E-state index contributed by atoms with van der Waals surface area (Å²) in [5.41, 5.74) is -1.50. The van der Waals surface area contributed by atoms with Crippen LogP contribution in [-0.2, 0) is 4.74 Å². The summed E-state index contributed by atoms with van der Waals surface area (Å²) in [5.74, 6) is 0. The molecule has 0 unspecified atom stereocenters. The molecule has 6 heteroatoms. The van der Waals surface area contributed by atoms with Crippen LogP contribution in [0.25, 0.3) is 0 Å². The summed E-state index contributed by atoms with van der Waals surface area (Å²) in [6, 6.07) is 7.10. The molecular formula is C16H17N3O2S. The number of rotatable bonds is 1. The predicted octanol–water partition coefficient (Wildman–Crippen LogP) is 3.98. The van der Waals surface area contributed by atoms with Gasteiger partial charge in [0.25, 0.3) is 0 Å². The van der Waals surface area contributed by atoms with E-state index in [2.05, 4.69) is 12.1 Å². The standard InChI is InChI=1S/C16H17N3O2S/c1-11-8-16(9-17,10-18)13(12-6-5-7-22-12)19(11)14(20)21-15(2,3)4/h5-8,13H,1-4H3/t13-/m0/s1. The van der Waals surface area contributed by atoms with Crippen molar-refractivity contribution >= 4 is 17.4 Å². The van der Waals surface area contributed by atoms with Gasteiger partial charge in [0.2, 0.25) is 0 Å². The molecule has 22 heavy (non-hydrogen) atoms. The summed E-state index contributed by atoms with van der Waals surface area (Å²) in [6.07, 6.45) is 0.994. The van der Waals surface area contributed by atoms with Crippen LogP contribution in [0.5, 0.6) is 0 Å². The van der Waals surface area contributed by atoms with Crippen LogP contribution >= 0.6 is 11.3 Å². The first-order chi connectivity index (χ1) is 10.2. The fourth-order valence-electron chi connectivity index (χ4n) is 2.46. The van der Waals surface area contributed by atoms with Crippen molar-refractivity contribution in [2.45, 2.75) is 39.3 Å². The first kappa shape index (κ1) is 16.1. The van der Waals surface area contributed by atoms with Crippen molar-refractivity contribution in [3.05, 3.63) is 34.2 Å². The van der Waals surface area contributed by atoms with Crippen molar-refractivity contribution < 1.29 is 9.53 Å². The summed E-state index contributed by atoms with van der Waals surface area (Å²) < 4.78 is 5.43. The van der Waals surface area contributed by atoms with Crippen molar-refractivity contribution in [3.8, 4) is 12.1 Å². The molecule has 0 saturated heterocycles. The van der Waals surface area contributed by atoms with Crippen LogP contribution in [0.4, 0.5) is 4.79 Å². The number of allylic oxidation sites excluding steroid dienone is 1. The number of nitrogens with zero attached hydrogens (tertiary/aromatic N) is 3. The maximum atomic E-state index is 12.5. The fraction of sp³-hybridized carbons (Fsp3) is 0.438. The van der Waals surface area contributed by atoms with Crippen LogP contribution in [-0.4, -0.2) is 16.6 Å². The molecule has 0 aliphatic carbocycles. The fourth-order valence-corrected chi connectivity index (χ4v) is 3.35. The van der Waals surface area contributed by atoms with E-state index in [4.69, 9.17) is 4.74 Å². The highest BCUT2D eigenvalue weighted by Gasteiger charge is 2.51. The third-order valence-corrected chi connectivity index (χ3v) is 4.20. The number of thiophene rings is 1. The van der Waals surface area contributed by atoms with Gasteiger partial charge >= 0.3 is 6.09 Å². The molecule has 1 aromatic heterocycles. The minimum atomic E-state index is -1.40. The number of carbonyl (C=O) groups excluding carboxylic acids is 1. The zero-order valence-corrected chi connectivity index (χ0v) is 13.8. The second-order valence-electron chi connectivity index (χ2n) is 6.15. The molecular weight excluding hydrogens is 298 g/mol. The summed E-state index contributed by atoms with van der Waals surface area (Å²) in [7, 11) is 0. The summed E-state index contributed by atoms with van der Waals surface area (Å²) in [5, 5.41) is 20.9. The maximum absolute atomic E-state index is 12.5. The van der Waals surface area contributed by atoms with Crippen molar-refractivity contribution in [3.63, 3.8) is 0 Å². The molecule has 0 spiro atoms. The molecule has 114 valence electrons. The number of nitriles is 2. The van der Waals surface area contributed by atoms with E-state index < -0.39 is 23.2 Å². The molecule has 1 atom stereocenters.